The van der Waals surface area contributed by atoms with Crippen molar-refractivity contribution < 1.29 is 23.9 Å². The van der Waals surface area contributed by atoms with E-state index in [-0.39, 0.29) is 17.9 Å². The van der Waals surface area contributed by atoms with Crippen LogP contribution >= 0.6 is 11.3 Å². The standard InChI is InChI=1S/C33H34N4O7S/c1-7-9-26-29(32(39)44-8-2)30(25-18-24(42-5)14-15-27(25)43-6)36-31(38)28(45-33(36)34-26)17-21-16-19(3)35(20(21)4)22-10-12-23(13-11-22)37(40)41/h10-18,30H,7-9H2,1-6H3/b28-17-/t30-/m1/s1. The number of esters is 1. The van der Waals surface area contributed by atoms with Crippen LogP contribution < -0.4 is 24.4 Å². The first-order valence-corrected chi connectivity index (χ1v) is 15.3. The molecule has 0 radical (unpaired) electrons. The highest BCUT2D eigenvalue weighted by Gasteiger charge is 2.36. The van der Waals surface area contributed by atoms with Gasteiger partial charge >= 0.3 is 5.97 Å². The van der Waals surface area contributed by atoms with Gasteiger partial charge in [-0.15, -0.1) is 0 Å². The number of methoxy groups -OCH3 is 2. The smallest absolute Gasteiger partial charge is 0.338 e. The third-order valence-electron chi connectivity index (χ3n) is 7.70. The largest absolute Gasteiger partial charge is 0.497 e. The quantitative estimate of drug-likeness (QED) is 0.138. The first-order valence-electron chi connectivity index (χ1n) is 14.5. The minimum absolute atomic E-state index is 0.00870. The van der Waals surface area contributed by atoms with Gasteiger partial charge in [0.1, 0.15) is 17.5 Å². The van der Waals surface area contributed by atoms with Crippen LogP contribution in [-0.4, -0.2) is 40.9 Å². The summed E-state index contributed by atoms with van der Waals surface area (Å²) in [6.07, 6.45) is 3.06. The molecule has 11 nitrogen and oxygen atoms in total. The summed E-state index contributed by atoms with van der Waals surface area (Å²) in [5, 5.41) is 11.1. The number of nitrogens with zero attached hydrogens (tertiary/aromatic N) is 4. The second-order valence-electron chi connectivity index (χ2n) is 10.5. The lowest BCUT2D eigenvalue weighted by atomic mass is 9.93. The summed E-state index contributed by atoms with van der Waals surface area (Å²) in [5.41, 5.74) is 4.46. The van der Waals surface area contributed by atoms with Crippen LogP contribution in [0.15, 0.2) is 69.6 Å². The number of fused-ring (bicyclic) bond motifs is 1. The van der Waals surface area contributed by atoms with Gasteiger partial charge in [-0.05, 0) is 75.2 Å². The Morgan fingerprint density at radius 2 is 1.82 bits per heavy atom. The Labute approximate surface area is 263 Å². The second-order valence-corrected chi connectivity index (χ2v) is 11.5. The molecule has 1 aliphatic rings. The van der Waals surface area contributed by atoms with E-state index in [1.165, 1.54) is 35.1 Å². The number of benzene rings is 2. The number of aryl methyl sites for hydroxylation is 1. The van der Waals surface area contributed by atoms with Crippen LogP contribution in [0, 0.1) is 24.0 Å². The first-order chi connectivity index (χ1) is 21.6. The lowest BCUT2D eigenvalue weighted by molar-refractivity contribution is -0.384. The number of non-ortho nitro benzene ring substituents is 1. The topological polar surface area (TPSA) is 127 Å². The Kier molecular flexibility index (Phi) is 9.05. The molecule has 2 aromatic heterocycles. The zero-order valence-electron chi connectivity index (χ0n) is 25.9. The van der Waals surface area contributed by atoms with Crippen molar-refractivity contribution in [2.75, 3.05) is 20.8 Å². The number of thiazole rings is 1. The molecular weight excluding hydrogens is 596 g/mol. The van der Waals surface area contributed by atoms with E-state index >= 15 is 0 Å². The Hall–Kier alpha value is -4.97. The van der Waals surface area contributed by atoms with Gasteiger partial charge in [-0.3, -0.25) is 19.5 Å². The van der Waals surface area contributed by atoms with E-state index in [9.17, 15) is 19.7 Å². The molecule has 5 rings (SSSR count). The number of rotatable bonds is 10. The van der Waals surface area contributed by atoms with Crippen molar-refractivity contribution in [1.82, 2.24) is 9.13 Å². The Morgan fingerprint density at radius 3 is 2.44 bits per heavy atom. The molecule has 0 fully saturated rings. The van der Waals surface area contributed by atoms with Crippen molar-refractivity contribution in [1.29, 1.82) is 0 Å². The van der Waals surface area contributed by atoms with Crippen molar-refractivity contribution in [2.45, 2.75) is 46.6 Å². The van der Waals surface area contributed by atoms with Crippen LogP contribution in [0.1, 0.15) is 55.2 Å². The predicted octanol–water partition coefficient (Wildman–Crippen LogP) is 4.91. The molecule has 0 saturated heterocycles. The molecule has 0 saturated carbocycles. The molecule has 12 heteroatoms. The minimum Gasteiger partial charge on any atom is -0.497 e. The average Bonchev–Trinajstić information content (AvgIpc) is 3.49. The Morgan fingerprint density at radius 1 is 1.09 bits per heavy atom. The molecule has 3 heterocycles. The van der Waals surface area contributed by atoms with Gasteiger partial charge in [-0.2, -0.15) is 0 Å². The highest BCUT2D eigenvalue weighted by molar-refractivity contribution is 7.07. The Balaban J connectivity index is 1.74. The number of nitro benzene ring substituents is 1. The highest BCUT2D eigenvalue weighted by atomic mass is 32.1. The fraction of sp³-hybridized carbons (Fsp3) is 0.303. The monoisotopic (exact) mass is 630 g/mol. The second kappa shape index (κ2) is 12.9. The maximum Gasteiger partial charge on any atom is 0.338 e. The number of aromatic nitrogens is 2. The van der Waals surface area contributed by atoms with Crippen LogP contribution in [0.3, 0.4) is 0 Å². The summed E-state index contributed by atoms with van der Waals surface area (Å²) < 4.78 is 20.7. The summed E-state index contributed by atoms with van der Waals surface area (Å²) >= 11 is 1.25. The van der Waals surface area contributed by atoms with Gasteiger partial charge in [0.15, 0.2) is 4.80 Å². The van der Waals surface area contributed by atoms with Crippen LogP contribution in [0.2, 0.25) is 0 Å². The molecule has 4 aromatic rings. The molecule has 1 aliphatic heterocycles. The number of carbonyl (C=O) groups is 1. The zero-order chi connectivity index (χ0) is 32.4. The fourth-order valence-corrected chi connectivity index (χ4v) is 6.67. The summed E-state index contributed by atoms with van der Waals surface area (Å²) in [5.74, 6) is 0.492. The number of allylic oxidation sites excluding steroid dienone is 1. The van der Waals surface area contributed by atoms with Crippen LogP contribution in [0.5, 0.6) is 11.5 Å². The predicted molar refractivity (Wildman–Crippen MR) is 171 cm³/mol. The van der Waals surface area contributed by atoms with Gasteiger partial charge in [0.2, 0.25) is 0 Å². The van der Waals surface area contributed by atoms with Crippen molar-refractivity contribution in [3.63, 3.8) is 0 Å². The van der Waals surface area contributed by atoms with Gasteiger partial charge in [-0.1, -0.05) is 24.7 Å². The lowest BCUT2D eigenvalue weighted by Crippen LogP contribution is -2.40. The van der Waals surface area contributed by atoms with Crippen LogP contribution in [0.4, 0.5) is 5.69 Å². The number of nitro groups is 1. The van der Waals surface area contributed by atoms with Gasteiger partial charge in [-0.25, -0.2) is 9.79 Å². The molecule has 0 bridgehead atoms. The number of carbonyl (C=O) groups excluding carboxylic acids is 1. The number of hydrogen-bond acceptors (Lipinski definition) is 9. The fourth-order valence-electron chi connectivity index (χ4n) is 5.66. The summed E-state index contributed by atoms with van der Waals surface area (Å²) in [4.78, 5) is 43.8. The average molecular weight is 631 g/mol. The third kappa shape index (κ3) is 5.80. The normalized spacial score (nSPS) is 14.6. The van der Waals surface area contributed by atoms with Crippen LogP contribution in [-0.2, 0) is 9.53 Å². The number of hydrogen-bond donors (Lipinski definition) is 0. The summed E-state index contributed by atoms with van der Waals surface area (Å²) in [7, 11) is 3.09. The van der Waals surface area contributed by atoms with E-state index in [1.54, 1.807) is 44.4 Å². The van der Waals surface area contributed by atoms with E-state index in [0.29, 0.717) is 44.1 Å². The van der Waals surface area contributed by atoms with Crippen molar-refractivity contribution in [3.8, 4) is 17.2 Å². The van der Waals surface area contributed by atoms with Crippen LogP contribution in [0.25, 0.3) is 11.8 Å². The molecule has 45 heavy (non-hydrogen) atoms. The molecule has 234 valence electrons. The lowest BCUT2D eigenvalue weighted by Gasteiger charge is -2.27. The number of ether oxygens (including phenoxy) is 3. The molecule has 0 aliphatic carbocycles. The molecule has 0 spiro atoms. The van der Waals surface area contributed by atoms with Crippen molar-refractivity contribution in [2.24, 2.45) is 4.99 Å². The SMILES string of the molecule is CCCC1=C(C(=O)OCC)[C@@H](c2cc(OC)ccc2OC)n2c(s/c(=C\c3cc(C)n(-c4ccc([N+](=O)[O-])cc4)c3C)c2=O)=N1. The summed E-state index contributed by atoms with van der Waals surface area (Å²) in [6.45, 7) is 7.77. The van der Waals surface area contributed by atoms with Crippen molar-refractivity contribution in [3.05, 3.63) is 112 Å². The Bertz CT molecular complexity index is 2000. The van der Waals surface area contributed by atoms with Gasteiger partial charge in [0, 0.05) is 34.8 Å². The van der Waals surface area contributed by atoms with E-state index in [1.807, 2.05) is 37.5 Å². The van der Waals surface area contributed by atoms with E-state index in [0.717, 1.165) is 29.1 Å². The molecule has 1 atom stereocenters. The molecular formula is C33H34N4O7S. The first kappa shape index (κ1) is 31.5. The van der Waals surface area contributed by atoms with E-state index < -0.39 is 16.9 Å². The van der Waals surface area contributed by atoms with Gasteiger partial charge in [0.05, 0.1) is 41.6 Å². The molecule has 0 N–H and O–H groups in total. The van der Waals surface area contributed by atoms with Gasteiger partial charge in [0.25, 0.3) is 11.2 Å². The van der Waals surface area contributed by atoms with E-state index in [2.05, 4.69) is 0 Å². The van der Waals surface area contributed by atoms with E-state index in [4.69, 9.17) is 19.2 Å². The maximum absolute atomic E-state index is 14.3. The molecule has 0 amide bonds. The van der Waals surface area contributed by atoms with Crippen molar-refractivity contribution >= 4 is 29.1 Å². The minimum atomic E-state index is -0.860. The summed E-state index contributed by atoms with van der Waals surface area (Å²) in [6, 6.07) is 12.7. The highest BCUT2D eigenvalue weighted by Crippen LogP contribution is 2.38. The molecule has 0 unspecified atom stereocenters. The zero-order valence-corrected chi connectivity index (χ0v) is 26.8. The maximum atomic E-state index is 14.3. The third-order valence-corrected chi connectivity index (χ3v) is 8.68. The van der Waals surface area contributed by atoms with Gasteiger partial charge < -0.3 is 18.8 Å². The molecule has 2 aromatic carbocycles.